The van der Waals surface area contributed by atoms with Crippen LogP contribution in [0.5, 0.6) is 11.5 Å². The van der Waals surface area contributed by atoms with Crippen molar-refractivity contribution in [2.24, 2.45) is 0 Å². The van der Waals surface area contributed by atoms with Gasteiger partial charge in [-0.3, -0.25) is 4.79 Å². The predicted molar refractivity (Wildman–Crippen MR) is 126 cm³/mol. The number of hydrogen-bond acceptors (Lipinski definition) is 5. The normalized spacial score (nSPS) is 13.4. The maximum Gasteiger partial charge on any atom is 0.261 e. The summed E-state index contributed by atoms with van der Waals surface area (Å²) < 4.78 is 28.2. The highest BCUT2D eigenvalue weighted by Crippen LogP contribution is 2.31. The molecule has 6 rings (SSSR count). The van der Waals surface area contributed by atoms with Gasteiger partial charge in [0.15, 0.2) is 17.1 Å². The zero-order valence-electron chi connectivity index (χ0n) is 18.5. The van der Waals surface area contributed by atoms with Gasteiger partial charge in [0.25, 0.3) is 5.56 Å². The third kappa shape index (κ3) is 3.39. The smallest absolute Gasteiger partial charge is 0.261 e. The highest BCUT2D eigenvalue weighted by atomic mass is 19.1. The van der Waals surface area contributed by atoms with Gasteiger partial charge in [-0.05, 0) is 48.4 Å². The monoisotopic (exact) mass is 456 g/mol. The molecule has 0 atom stereocenters. The minimum absolute atomic E-state index is 0.157. The predicted octanol–water partition coefficient (Wildman–Crippen LogP) is 4.37. The Morgan fingerprint density at radius 3 is 2.65 bits per heavy atom. The molecule has 0 fully saturated rings. The van der Waals surface area contributed by atoms with Crippen LogP contribution in [0.25, 0.3) is 27.7 Å². The topological polar surface area (TPSA) is 70.7 Å². The molecule has 8 heteroatoms. The van der Waals surface area contributed by atoms with Crippen molar-refractivity contribution in [1.82, 2.24) is 19.2 Å². The maximum absolute atomic E-state index is 13.4. The van der Waals surface area contributed by atoms with Crippen LogP contribution in [0.1, 0.15) is 17.7 Å². The van der Waals surface area contributed by atoms with E-state index in [-0.39, 0.29) is 11.4 Å². The Morgan fingerprint density at radius 1 is 1.03 bits per heavy atom. The number of hydrogen-bond donors (Lipinski definition) is 0. The summed E-state index contributed by atoms with van der Waals surface area (Å²) in [6, 6.07) is 13.9. The molecule has 170 valence electrons. The van der Waals surface area contributed by atoms with Crippen molar-refractivity contribution in [2.75, 3.05) is 13.2 Å². The lowest BCUT2D eigenvalue weighted by molar-refractivity contribution is 0.297. The number of ether oxygens (including phenoxy) is 2. The van der Waals surface area contributed by atoms with Crippen LogP contribution in [-0.2, 0) is 6.54 Å². The number of pyridine rings is 1. The molecule has 0 bridgehead atoms. The maximum atomic E-state index is 13.4. The Balaban J connectivity index is 1.41. The highest BCUT2D eigenvalue weighted by Gasteiger charge is 2.17. The zero-order valence-corrected chi connectivity index (χ0v) is 18.5. The van der Waals surface area contributed by atoms with Crippen molar-refractivity contribution < 1.29 is 13.9 Å². The Labute approximate surface area is 194 Å². The van der Waals surface area contributed by atoms with Gasteiger partial charge in [0.2, 0.25) is 0 Å². The third-order valence-electron chi connectivity index (χ3n) is 6.06. The second-order valence-electron chi connectivity index (χ2n) is 8.34. The first-order valence-corrected chi connectivity index (χ1v) is 11.1. The molecule has 0 spiro atoms. The Bertz CT molecular complexity index is 1610. The van der Waals surface area contributed by atoms with E-state index in [9.17, 15) is 9.18 Å². The largest absolute Gasteiger partial charge is 0.490 e. The molecular formula is C26H21FN4O3. The number of aromatic nitrogens is 4. The van der Waals surface area contributed by atoms with Crippen LogP contribution in [0.4, 0.5) is 4.39 Å². The number of fused-ring (bicyclic) bond motifs is 4. The summed E-state index contributed by atoms with van der Waals surface area (Å²) in [5.41, 5.74) is 4.46. The summed E-state index contributed by atoms with van der Waals surface area (Å²) in [4.78, 5) is 17.9. The molecule has 0 unspecified atom stereocenters. The van der Waals surface area contributed by atoms with Crippen molar-refractivity contribution in [1.29, 1.82) is 0 Å². The zero-order chi connectivity index (χ0) is 23.2. The summed E-state index contributed by atoms with van der Waals surface area (Å²) in [6.45, 7) is 3.51. The van der Waals surface area contributed by atoms with Crippen LogP contribution >= 0.6 is 0 Å². The SMILES string of the molecule is Cc1nn2c(ncc3c(=O)n(Cc4ccc5c(c4)OCCCO5)ccc32)c1-c1ccc(F)cc1. The molecule has 0 N–H and O–H groups in total. The minimum Gasteiger partial charge on any atom is -0.490 e. The lowest BCUT2D eigenvalue weighted by Crippen LogP contribution is -2.21. The number of benzene rings is 2. The van der Waals surface area contributed by atoms with Crippen molar-refractivity contribution in [2.45, 2.75) is 19.9 Å². The van der Waals surface area contributed by atoms with Crippen LogP contribution < -0.4 is 15.0 Å². The van der Waals surface area contributed by atoms with E-state index < -0.39 is 0 Å². The summed E-state index contributed by atoms with van der Waals surface area (Å²) >= 11 is 0. The molecular weight excluding hydrogens is 435 g/mol. The minimum atomic E-state index is -0.301. The van der Waals surface area contributed by atoms with E-state index in [1.54, 1.807) is 33.6 Å². The van der Waals surface area contributed by atoms with Crippen LogP contribution in [0.2, 0.25) is 0 Å². The van der Waals surface area contributed by atoms with E-state index in [1.165, 1.54) is 12.1 Å². The second-order valence-corrected chi connectivity index (χ2v) is 8.34. The van der Waals surface area contributed by atoms with E-state index >= 15 is 0 Å². The summed E-state index contributed by atoms with van der Waals surface area (Å²) in [6.07, 6.45) is 4.19. The molecule has 3 aromatic heterocycles. The molecule has 0 radical (unpaired) electrons. The van der Waals surface area contributed by atoms with Crippen LogP contribution in [-0.4, -0.2) is 32.4 Å². The molecule has 1 aliphatic heterocycles. The standard InChI is InChI=1S/C26H21FN4O3/c1-16-24(18-4-6-19(27)7-5-18)25-28-14-20-21(31(25)29-16)9-10-30(26(20)32)15-17-3-8-22-23(13-17)34-12-2-11-33-22/h3-10,13-14H,2,11-12,15H2,1H3. The van der Waals surface area contributed by atoms with Crippen LogP contribution in [0.3, 0.4) is 0 Å². The van der Waals surface area contributed by atoms with Gasteiger partial charge >= 0.3 is 0 Å². The Kier molecular flexibility index (Phi) is 4.79. The van der Waals surface area contributed by atoms with Crippen molar-refractivity contribution >= 4 is 16.6 Å². The molecule has 34 heavy (non-hydrogen) atoms. The molecule has 1 aliphatic rings. The van der Waals surface area contributed by atoms with E-state index in [1.807, 2.05) is 31.2 Å². The Morgan fingerprint density at radius 2 is 1.82 bits per heavy atom. The Hall–Kier alpha value is -4.20. The van der Waals surface area contributed by atoms with Gasteiger partial charge in [0, 0.05) is 24.4 Å². The van der Waals surface area contributed by atoms with Crippen molar-refractivity contribution in [3.8, 4) is 22.6 Å². The van der Waals surface area contributed by atoms with Gasteiger partial charge in [-0.15, -0.1) is 0 Å². The second kappa shape index (κ2) is 7.98. The molecule has 5 aromatic rings. The average Bonchev–Trinajstić information content (AvgIpc) is 3.01. The molecule has 0 amide bonds. The van der Waals surface area contributed by atoms with E-state index in [0.29, 0.717) is 42.1 Å². The molecule has 0 aliphatic carbocycles. The van der Waals surface area contributed by atoms with E-state index in [4.69, 9.17) is 9.47 Å². The van der Waals surface area contributed by atoms with Crippen molar-refractivity contribution in [3.63, 3.8) is 0 Å². The van der Waals surface area contributed by atoms with Gasteiger partial charge in [-0.2, -0.15) is 5.10 Å². The number of halogens is 1. The fourth-order valence-electron chi connectivity index (χ4n) is 4.40. The first-order valence-electron chi connectivity index (χ1n) is 11.1. The first-order chi connectivity index (χ1) is 16.6. The van der Waals surface area contributed by atoms with Crippen LogP contribution in [0.15, 0.2) is 65.7 Å². The highest BCUT2D eigenvalue weighted by molar-refractivity contribution is 5.86. The quantitative estimate of drug-likeness (QED) is 0.403. The number of aryl methyl sites for hydroxylation is 1. The van der Waals surface area contributed by atoms with Gasteiger partial charge in [0.05, 0.1) is 36.4 Å². The van der Waals surface area contributed by atoms with Gasteiger partial charge < -0.3 is 14.0 Å². The number of rotatable bonds is 3. The lowest BCUT2D eigenvalue weighted by Gasteiger charge is -2.11. The molecule has 0 saturated carbocycles. The fourth-order valence-corrected chi connectivity index (χ4v) is 4.40. The van der Waals surface area contributed by atoms with Gasteiger partial charge in [-0.25, -0.2) is 13.9 Å². The molecule has 0 saturated heterocycles. The van der Waals surface area contributed by atoms with Crippen molar-refractivity contribution in [3.05, 3.63) is 88.4 Å². The summed E-state index contributed by atoms with van der Waals surface area (Å²) in [5, 5.41) is 5.10. The van der Waals surface area contributed by atoms with E-state index in [0.717, 1.165) is 34.6 Å². The first kappa shape index (κ1) is 20.4. The molecule has 2 aromatic carbocycles. The van der Waals surface area contributed by atoms with Crippen LogP contribution in [0, 0.1) is 12.7 Å². The average molecular weight is 456 g/mol. The fraction of sp³-hybridized carbons (Fsp3) is 0.192. The molecule has 4 heterocycles. The summed E-state index contributed by atoms with van der Waals surface area (Å²) in [7, 11) is 0. The van der Waals surface area contributed by atoms with E-state index in [2.05, 4.69) is 10.1 Å². The third-order valence-corrected chi connectivity index (χ3v) is 6.06. The summed E-state index contributed by atoms with van der Waals surface area (Å²) in [5.74, 6) is 1.13. The number of nitrogens with zero attached hydrogens (tertiary/aromatic N) is 4. The molecule has 7 nitrogen and oxygen atoms in total. The van der Waals surface area contributed by atoms with Gasteiger partial charge in [0.1, 0.15) is 5.82 Å². The lowest BCUT2D eigenvalue weighted by atomic mass is 10.1. The van der Waals surface area contributed by atoms with Gasteiger partial charge in [-0.1, -0.05) is 18.2 Å².